The fourth-order valence-corrected chi connectivity index (χ4v) is 2.78. The van der Waals surface area contributed by atoms with Gasteiger partial charge in [-0.15, -0.1) is 0 Å². The Labute approximate surface area is 164 Å². The van der Waals surface area contributed by atoms with Crippen molar-refractivity contribution in [1.29, 1.82) is 5.26 Å². The highest BCUT2D eigenvalue weighted by Gasteiger charge is 2.10. The van der Waals surface area contributed by atoms with E-state index in [2.05, 4.69) is 26.6 Å². The first-order valence-electron chi connectivity index (χ1n) is 7.34. The van der Waals surface area contributed by atoms with Crippen molar-refractivity contribution >= 4 is 50.7 Å². The number of hydrogen-bond acceptors (Lipinski definition) is 3. The number of amides is 1. The number of carbonyl (C=O) groups excluding carboxylic acids is 1. The summed E-state index contributed by atoms with van der Waals surface area (Å²) in [6.07, 6.45) is 2.16. The van der Waals surface area contributed by atoms with Gasteiger partial charge in [0, 0.05) is 22.9 Å². The average molecular weight is 439 g/mol. The Morgan fingerprint density at radius 1 is 1.20 bits per heavy atom. The van der Waals surface area contributed by atoms with Crippen molar-refractivity contribution in [1.82, 2.24) is 5.32 Å². The number of rotatable bonds is 6. The third-order valence-electron chi connectivity index (χ3n) is 3.29. The van der Waals surface area contributed by atoms with Gasteiger partial charge >= 0.3 is 0 Å². The third kappa shape index (κ3) is 5.79. The molecule has 0 atom stereocenters. The largest absolute Gasteiger partial charge is 0.389 e. The minimum Gasteiger partial charge on any atom is -0.389 e. The maximum Gasteiger partial charge on any atom is 0.267 e. The Balaban J connectivity index is 1.92. The van der Waals surface area contributed by atoms with Gasteiger partial charge in [0.05, 0.1) is 10.0 Å². The molecule has 0 aliphatic rings. The van der Waals surface area contributed by atoms with Crippen LogP contribution in [0.2, 0.25) is 10.0 Å². The van der Waals surface area contributed by atoms with Crippen LogP contribution in [0, 0.1) is 11.3 Å². The third-order valence-corrected chi connectivity index (χ3v) is 4.80. The van der Waals surface area contributed by atoms with Gasteiger partial charge in [-0.2, -0.15) is 5.26 Å². The van der Waals surface area contributed by atoms with Crippen molar-refractivity contribution in [3.8, 4) is 6.07 Å². The standard InChI is InChI=1S/C18H14BrCl2N3O/c19-15-4-2-1-3-12(15)7-8-23-11-13(10-22)18(25)24-14-5-6-16(20)17(21)9-14/h1-6,9,11,23H,7-8H2,(H,24,25)/b13-11-. The molecule has 0 spiro atoms. The number of benzene rings is 2. The van der Waals surface area contributed by atoms with Crippen LogP contribution in [0.15, 0.2) is 58.7 Å². The number of anilines is 1. The molecule has 0 unspecified atom stereocenters. The van der Waals surface area contributed by atoms with Gasteiger partial charge in [0.15, 0.2) is 0 Å². The highest BCUT2D eigenvalue weighted by molar-refractivity contribution is 9.10. The predicted octanol–water partition coefficient (Wildman–Crippen LogP) is 4.93. The van der Waals surface area contributed by atoms with Crippen molar-refractivity contribution in [2.75, 3.05) is 11.9 Å². The number of nitrogens with one attached hydrogen (secondary N) is 2. The lowest BCUT2D eigenvalue weighted by Crippen LogP contribution is -2.18. The fraction of sp³-hybridized carbons (Fsp3) is 0.111. The molecule has 0 aromatic heterocycles. The predicted molar refractivity (Wildman–Crippen MR) is 105 cm³/mol. The molecule has 2 N–H and O–H groups in total. The van der Waals surface area contributed by atoms with Crippen molar-refractivity contribution in [3.05, 3.63) is 74.3 Å². The second-order valence-corrected chi connectivity index (χ2v) is 6.72. The summed E-state index contributed by atoms with van der Waals surface area (Å²) in [5.41, 5.74) is 1.58. The Morgan fingerprint density at radius 3 is 2.64 bits per heavy atom. The van der Waals surface area contributed by atoms with Gasteiger partial charge < -0.3 is 10.6 Å². The number of halogens is 3. The first kappa shape index (κ1) is 19.3. The van der Waals surface area contributed by atoms with Gasteiger partial charge in [-0.05, 0) is 36.2 Å². The number of hydrogen-bond donors (Lipinski definition) is 2. The van der Waals surface area contributed by atoms with Crippen LogP contribution in [-0.2, 0) is 11.2 Å². The minimum absolute atomic E-state index is 0.0294. The zero-order valence-corrected chi connectivity index (χ0v) is 16.1. The smallest absolute Gasteiger partial charge is 0.267 e. The zero-order valence-electron chi connectivity index (χ0n) is 13.0. The lowest BCUT2D eigenvalue weighted by molar-refractivity contribution is -0.112. The first-order valence-corrected chi connectivity index (χ1v) is 8.89. The monoisotopic (exact) mass is 437 g/mol. The minimum atomic E-state index is -0.519. The normalized spacial score (nSPS) is 10.9. The Kier molecular flexibility index (Phi) is 7.32. The highest BCUT2D eigenvalue weighted by atomic mass is 79.9. The molecule has 0 saturated carbocycles. The van der Waals surface area contributed by atoms with E-state index in [1.165, 1.54) is 12.3 Å². The van der Waals surface area contributed by atoms with E-state index in [9.17, 15) is 4.79 Å². The molecule has 0 radical (unpaired) electrons. The fourth-order valence-electron chi connectivity index (χ4n) is 2.00. The van der Waals surface area contributed by atoms with Crippen LogP contribution >= 0.6 is 39.1 Å². The molecular weight excluding hydrogens is 425 g/mol. The molecule has 2 rings (SSSR count). The van der Waals surface area contributed by atoms with Crippen molar-refractivity contribution < 1.29 is 4.79 Å². The Bertz CT molecular complexity index is 846. The van der Waals surface area contributed by atoms with E-state index in [1.54, 1.807) is 12.1 Å². The molecule has 2 aromatic rings. The van der Waals surface area contributed by atoms with Crippen LogP contribution in [0.3, 0.4) is 0 Å². The van der Waals surface area contributed by atoms with Gasteiger partial charge in [0.25, 0.3) is 5.91 Å². The van der Waals surface area contributed by atoms with E-state index in [0.717, 1.165) is 16.5 Å². The summed E-state index contributed by atoms with van der Waals surface area (Å²) in [6.45, 7) is 0.591. The topological polar surface area (TPSA) is 64.9 Å². The zero-order chi connectivity index (χ0) is 18.2. The molecule has 4 nitrogen and oxygen atoms in total. The van der Waals surface area contributed by atoms with E-state index >= 15 is 0 Å². The van der Waals surface area contributed by atoms with Crippen LogP contribution in [0.1, 0.15) is 5.56 Å². The second-order valence-electron chi connectivity index (χ2n) is 5.05. The summed E-state index contributed by atoms with van der Waals surface area (Å²) >= 11 is 15.2. The molecular formula is C18H14BrCl2N3O. The molecule has 7 heteroatoms. The maximum absolute atomic E-state index is 12.1. The summed E-state index contributed by atoms with van der Waals surface area (Å²) in [7, 11) is 0. The Morgan fingerprint density at radius 2 is 1.96 bits per heavy atom. The molecule has 2 aromatic carbocycles. The molecule has 0 aliphatic heterocycles. The SMILES string of the molecule is N#C/C(=C/NCCc1ccccc1Br)C(=O)Nc1ccc(Cl)c(Cl)c1. The van der Waals surface area contributed by atoms with Crippen LogP contribution in [0.25, 0.3) is 0 Å². The molecule has 128 valence electrons. The molecule has 25 heavy (non-hydrogen) atoms. The van der Waals surface area contributed by atoms with Crippen LogP contribution < -0.4 is 10.6 Å². The summed E-state index contributed by atoms with van der Waals surface area (Å²) in [5, 5.41) is 15.5. The van der Waals surface area contributed by atoms with Gasteiger partial charge in [0.2, 0.25) is 0 Å². The number of nitriles is 1. The second kappa shape index (κ2) is 9.47. The van der Waals surface area contributed by atoms with Crippen molar-refractivity contribution in [2.24, 2.45) is 0 Å². The molecule has 0 aliphatic carbocycles. The summed E-state index contributed by atoms with van der Waals surface area (Å²) in [4.78, 5) is 12.1. The number of carbonyl (C=O) groups is 1. The summed E-state index contributed by atoms with van der Waals surface area (Å²) in [5.74, 6) is -0.519. The maximum atomic E-state index is 12.1. The van der Waals surface area contributed by atoms with E-state index in [-0.39, 0.29) is 5.57 Å². The van der Waals surface area contributed by atoms with Gasteiger partial charge in [-0.3, -0.25) is 4.79 Å². The van der Waals surface area contributed by atoms with E-state index in [4.69, 9.17) is 28.5 Å². The molecule has 0 fully saturated rings. The number of nitrogens with zero attached hydrogens (tertiary/aromatic N) is 1. The lowest BCUT2D eigenvalue weighted by atomic mass is 10.1. The van der Waals surface area contributed by atoms with Crippen LogP contribution in [0.5, 0.6) is 0 Å². The average Bonchev–Trinajstić information content (AvgIpc) is 2.59. The molecule has 0 heterocycles. The Hall–Kier alpha value is -2.00. The van der Waals surface area contributed by atoms with E-state index < -0.39 is 5.91 Å². The van der Waals surface area contributed by atoms with E-state index in [0.29, 0.717) is 22.3 Å². The highest BCUT2D eigenvalue weighted by Crippen LogP contribution is 2.25. The van der Waals surface area contributed by atoms with Crippen molar-refractivity contribution in [2.45, 2.75) is 6.42 Å². The summed E-state index contributed by atoms with van der Waals surface area (Å²) < 4.78 is 1.03. The summed E-state index contributed by atoms with van der Waals surface area (Å²) in [6, 6.07) is 14.5. The van der Waals surface area contributed by atoms with Gasteiger partial charge in [0.1, 0.15) is 11.6 Å². The molecule has 1 amide bonds. The van der Waals surface area contributed by atoms with Crippen LogP contribution in [0.4, 0.5) is 5.69 Å². The lowest BCUT2D eigenvalue weighted by Gasteiger charge is -2.07. The van der Waals surface area contributed by atoms with Crippen molar-refractivity contribution in [3.63, 3.8) is 0 Å². The van der Waals surface area contributed by atoms with Crippen LogP contribution in [-0.4, -0.2) is 12.5 Å². The van der Waals surface area contributed by atoms with E-state index in [1.807, 2.05) is 30.3 Å². The van der Waals surface area contributed by atoms with Gasteiger partial charge in [-0.1, -0.05) is 57.3 Å². The quantitative estimate of drug-likeness (QED) is 0.381. The molecule has 0 bridgehead atoms. The molecule has 0 saturated heterocycles. The van der Waals surface area contributed by atoms with Gasteiger partial charge in [-0.25, -0.2) is 0 Å². The first-order chi connectivity index (χ1) is 12.0.